The van der Waals surface area contributed by atoms with Crippen molar-refractivity contribution in [2.24, 2.45) is 0 Å². The number of aromatic nitrogens is 2. The van der Waals surface area contributed by atoms with Gasteiger partial charge in [-0.2, -0.15) is 0 Å². The average Bonchev–Trinajstić information content (AvgIpc) is 2.46. The fourth-order valence-electron chi connectivity index (χ4n) is 2.01. The zero-order valence-corrected chi connectivity index (χ0v) is 14.6. The quantitative estimate of drug-likeness (QED) is 0.454. The summed E-state index contributed by atoms with van der Waals surface area (Å²) in [5.41, 5.74) is 3.27. The van der Waals surface area contributed by atoms with E-state index in [-0.39, 0.29) is 21.8 Å². The molecule has 0 aliphatic heterocycles. The molecule has 0 aliphatic carbocycles. The summed E-state index contributed by atoms with van der Waals surface area (Å²) in [4.78, 5) is 30.2. The molecule has 0 radical (unpaired) electrons. The molecule has 8 nitrogen and oxygen atoms in total. The molecular weight excluding hydrogens is 352 g/mol. The van der Waals surface area contributed by atoms with Gasteiger partial charge in [-0.15, -0.1) is 4.83 Å². The number of aromatic amines is 2. The number of amides is 1. The van der Waals surface area contributed by atoms with E-state index < -0.39 is 21.5 Å². The second kappa shape index (κ2) is 7.07. The Morgan fingerprint density at radius 1 is 1.21 bits per heavy atom. The zero-order chi connectivity index (χ0) is 17.9. The van der Waals surface area contributed by atoms with Gasteiger partial charge in [-0.3, -0.25) is 20.0 Å². The number of sulfonamides is 1. The summed E-state index contributed by atoms with van der Waals surface area (Å²) in [5, 5.41) is 0. The van der Waals surface area contributed by atoms with Crippen molar-refractivity contribution in [3.63, 3.8) is 0 Å². The summed E-state index contributed by atoms with van der Waals surface area (Å²) in [6, 6.07) is 6.16. The first-order chi connectivity index (χ1) is 11.2. The third kappa shape index (κ3) is 4.60. The van der Waals surface area contributed by atoms with Gasteiger partial charge in [-0.25, -0.2) is 8.42 Å². The molecule has 1 amide bonds. The molecule has 0 unspecified atom stereocenters. The number of carbonyl (C=O) groups is 1. The first-order valence-electron chi connectivity index (χ1n) is 6.88. The van der Waals surface area contributed by atoms with Gasteiger partial charge in [0.15, 0.2) is 4.77 Å². The highest BCUT2D eigenvalue weighted by atomic mass is 32.2. The number of rotatable bonds is 5. The Labute approximate surface area is 143 Å². The Morgan fingerprint density at radius 3 is 2.58 bits per heavy atom. The fraction of sp³-hybridized carbons (Fsp3) is 0.214. The highest BCUT2D eigenvalue weighted by Crippen LogP contribution is 2.15. The van der Waals surface area contributed by atoms with Crippen molar-refractivity contribution >= 4 is 28.1 Å². The van der Waals surface area contributed by atoms with Crippen molar-refractivity contribution in [1.82, 2.24) is 20.2 Å². The molecule has 1 heterocycles. The van der Waals surface area contributed by atoms with Gasteiger partial charge in [0.2, 0.25) is 5.91 Å². The van der Waals surface area contributed by atoms with Crippen LogP contribution in [0.4, 0.5) is 0 Å². The van der Waals surface area contributed by atoms with Crippen LogP contribution < -0.4 is 15.8 Å². The Bertz CT molecular complexity index is 964. The average molecular weight is 368 g/mol. The van der Waals surface area contributed by atoms with Crippen molar-refractivity contribution in [3.8, 4) is 0 Å². The lowest BCUT2D eigenvalue weighted by atomic mass is 10.2. The van der Waals surface area contributed by atoms with Crippen LogP contribution in [0.3, 0.4) is 0 Å². The SMILES string of the molecule is Cc1ccc(C)c(S(=O)(=O)NNC(=O)Cc2cc(=O)[nH]c(=S)[nH]2)c1. The van der Waals surface area contributed by atoms with Gasteiger partial charge in [0.25, 0.3) is 15.6 Å². The molecule has 0 aliphatic rings. The molecule has 0 fully saturated rings. The topological polar surface area (TPSA) is 124 Å². The van der Waals surface area contributed by atoms with Gasteiger partial charge in [-0.05, 0) is 43.3 Å². The van der Waals surface area contributed by atoms with Crippen molar-refractivity contribution < 1.29 is 13.2 Å². The maximum atomic E-state index is 12.3. The van der Waals surface area contributed by atoms with Gasteiger partial charge in [0.05, 0.1) is 11.3 Å². The van der Waals surface area contributed by atoms with Crippen molar-refractivity contribution in [1.29, 1.82) is 0 Å². The summed E-state index contributed by atoms with van der Waals surface area (Å²) in [6.45, 7) is 3.43. The number of hydrogen-bond donors (Lipinski definition) is 4. The van der Waals surface area contributed by atoms with Crippen LogP contribution in [0.5, 0.6) is 0 Å². The third-order valence-electron chi connectivity index (χ3n) is 3.13. The lowest BCUT2D eigenvalue weighted by Crippen LogP contribution is -2.42. The molecule has 0 spiro atoms. The number of hydrogen-bond acceptors (Lipinski definition) is 5. The fourth-order valence-corrected chi connectivity index (χ4v) is 3.43. The molecule has 128 valence electrons. The Kier molecular flexibility index (Phi) is 5.32. The molecule has 1 aromatic carbocycles. The maximum Gasteiger partial charge on any atom is 0.257 e. The summed E-state index contributed by atoms with van der Waals surface area (Å²) in [6.07, 6.45) is -0.233. The number of H-pyrrole nitrogens is 2. The van der Waals surface area contributed by atoms with Crippen molar-refractivity contribution in [2.45, 2.75) is 25.2 Å². The minimum absolute atomic E-state index is 0.0818. The van der Waals surface area contributed by atoms with Crippen LogP contribution in [-0.4, -0.2) is 24.3 Å². The number of hydrazine groups is 1. The Morgan fingerprint density at radius 2 is 1.92 bits per heavy atom. The second-order valence-corrected chi connectivity index (χ2v) is 7.27. The van der Waals surface area contributed by atoms with Crippen LogP contribution in [0.15, 0.2) is 34.0 Å². The van der Waals surface area contributed by atoms with Crippen LogP contribution in [0.1, 0.15) is 16.8 Å². The zero-order valence-electron chi connectivity index (χ0n) is 13.0. The molecule has 0 bridgehead atoms. The summed E-state index contributed by atoms with van der Waals surface area (Å²) >= 11 is 4.80. The number of benzene rings is 1. The number of aryl methyl sites for hydroxylation is 2. The minimum atomic E-state index is -3.90. The van der Waals surface area contributed by atoms with Gasteiger partial charge >= 0.3 is 0 Å². The van der Waals surface area contributed by atoms with Gasteiger partial charge in [0, 0.05) is 11.8 Å². The molecule has 2 aromatic rings. The normalized spacial score (nSPS) is 11.2. The van der Waals surface area contributed by atoms with Gasteiger partial charge < -0.3 is 4.98 Å². The van der Waals surface area contributed by atoms with E-state index in [1.807, 2.05) is 4.83 Å². The molecule has 2 rings (SSSR count). The minimum Gasteiger partial charge on any atom is -0.335 e. The lowest BCUT2D eigenvalue weighted by Gasteiger charge is -2.11. The first-order valence-corrected chi connectivity index (χ1v) is 8.77. The van der Waals surface area contributed by atoms with E-state index in [2.05, 4.69) is 15.4 Å². The van der Waals surface area contributed by atoms with E-state index in [1.165, 1.54) is 12.1 Å². The second-order valence-electron chi connectivity index (χ2n) is 5.21. The van der Waals surface area contributed by atoms with Crippen LogP contribution >= 0.6 is 12.2 Å². The number of carbonyl (C=O) groups excluding carboxylic acids is 1. The molecule has 0 atom stereocenters. The third-order valence-corrected chi connectivity index (χ3v) is 4.72. The van der Waals surface area contributed by atoms with Crippen LogP contribution in [-0.2, 0) is 21.2 Å². The van der Waals surface area contributed by atoms with Crippen LogP contribution in [0.25, 0.3) is 0 Å². The van der Waals surface area contributed by atoms with Crippen molar-refractivity contribution in [3.05, 3.63) is 56.2 Å². The highest BCUT2D eigenvalue weighted by Gasteiger charge is 2.18. The predicted octanol–water partition coefficient (Wildman–Crippen LogP) is 0.602. The van der Waals surface area contributed by atoms with E-state index in [9.17, 15) is 18.0 Å². The van der Waals surface area contributed by atoms with Gasteiger partial charge in [0.1, 0.15) is 0 Å². The summed E-state index contributed by atoms with van der Waals surface area (Å²) < 4.78 is 24.6. The monoisotopic (exact) mass is 368 g/mol. The standard InChI is InChI=1S/C14H16N4O4S2/c1-8-3-4-9(2)11(5-8)24(21,22)18-17-13(20)7-10-6-12(19)16-14(23)15-10/h3-6,18H,7H2,1-2H3,(H,17,20)(H2,15,16,19,23). The summed E-state index contributed by atoms with van der Waals surface area (Å²) in [7, 11) is -3.90. The number of nitrogens with one attached hydrogen (secondary N) is 4. The van der Waals surface area contributed by atoms with E-state index in [0.717, 1.165) is 5.56 Å². The maximum absolute atomic E-state index is 12.3. The summed E-state index contributed by atoms with van der Waals surface area (Å²) in [5.74, 6) is -0.639. The van der Waals surface area contributed by atoms with Crippen LogP contribution in [0, 0.1) is 18.6 Å². The molecule has 4 N–H and O–H groups in total. The molecule has 24 heavy (non-hydrogen) atoms. The molecule has 0 saturated carbocycles. The first kappa shape index (κ1) is 18.0. The van der Waals surface area contributed by atoms with Crippen LogP contribution in [0.2, 0.25) is 0 Å². The van der Waals surface area contributed by atoms with E-state index in [4.69, 9.17) is 12.2 Å². The lowest BCUT2D eigenvalue weighted by molar-refractivity contribution is -0.120. The predicted molar refractivity (Wildman–Crippen MR) is 90.3 cm³/mol. The Hall–Kier alpha value is -2.30. The Balaban J connectivity index is 2.09. The van der Waals surface area contributed by atoms with E-state index in [0.29, 0.717) is 5.56 Å². The largest absolute Gasteiger partial charge is 0.335 e. The molecule has 1 aromatic heterocycles. The molecular formula is C14H16N4O4S2. The molecule has 0 saturated heterocycles. The van der Waals surface area contributed by atoms with Gasteiger partial charge in [-0.1, -0.05) is 12.1 Å². The molecule has 10 heteroatoms. The van der Waals surface area contributed by atoms with Crippen molar-refractivity contribution in [2.75, 3.05) is 0 Å². The van der Waals surface area contributed by atoms with E-state index in [1.54, 1.807) is 26.0 Å². The van der Waals surface area contributed by atoms with E-state index >= 15 is 0 Å². The smallest absolute Gasteiger partial charge is 0.257 e. The highest BCUT2D eigenvalue weighted by molar-refractivity contribution is 7.89.